The van der Waals surface area contributed by atoms with Gasteiger partial charge in [0.25, 0.3) is 0 Å². The number of nitrogens with one attached hydrogen (secondary N) is 1. The van der Waals surface area contributed by atoms with E-state index in [-0.39, 0.29) is 17.9 Å². The molecule has 0 amide bonds. The molecule has 0 radical (unpaired) electrons. The molecule has 2 rings (SSSR count). The highest BCUT2D eigenvalue weighted by molar-refractivity contribution is 5.93. The van der Waals surface area contributed by atoms with Crippen molar-refractivity contribution in [2.24, 2.45) is 0 Å². The normalized spacial score (nSPS) is 11.9. The van der Waals surface area contributed by atoms with E-state index in [9.17, 15) is 14.3 Å². The average Bonchev–Trinajstić information content (AvgIpc) is 2.46. The number of benzene rings is 1. The number of aliphatic hydroxyl groups excluding tert-OH is 1. The van der Waals surface area contributed by atoms with Crippen LogP contribution in [0.5, 0.6) is 0 Å². The molecule has 0 aliphatic rings. The number of hydrogen-bond acceptors (Lipinski definition) is 4. The fourth-order valence-corrected chi connectivity index (χ4v) is 1.73. The number of aromatic carboxylic acids is 1. The maximum atomic E-state index is 13.0. The second-order valence-electron chi connectivity index (χ2n) is 4.16. The lowest BCUT2D eigenvalue weighted by Gasteiger charge is -2.13. The van der Waals surface area contributed by atoms with Gasteiger partial charge in [0.05, 0.1) is 12.3 Å². The van der Waals surface area contributed by atoms with E-state index in [2.05, 4.69) is 10.3 Å². The van der Waals surface area contributed by atoms with Crippen molar-refractivity contribution < 1.29 is 19.4 Å². The van der Waals surface area contributed by atoms with Crippen LogP contribution in [0.25, 0.3) is 0 Å². The van der Waals surface area contributed by atoms with Crippen molar-refractivity contribution in [3.8, 4) is 0 Å². The maximum absolute atomic E-state index is 13.0. The van der Waals surface area contributed by atoms with Crippen molar-refractivity contribution in [2.45, 2.75) is 6.10 Å². The molecule has 5 nitrogen and oxygen atoms in total. The summed E-state index contributed by atoms with van der Waals surface area (Å²) in [7, 11) is 0. The lowest BCUT2D eigenvalue weighted by molar-refractivity contribution is 0.0696. The molecule has 1 aromatic carbocycles. The summed E-state index contributed by atoms with van der Waals surface area (Å²) < 4.78 is 13.0. The molecule has 1 aromatic heterocycles. The number of carbonyl (C=O) groups is 1. The van der Waals surface area contributed by atoms with Crippen molar-refractivity contribution in [1.29, 1.82) is 0 Å². The van der Waals surface area contributed by atoms with E-state index in [0.29, 0.717) is 5.56 Å². The minimum absolute atomic E-state index is 0.0221. The smallest absolute Gasteiger partial charge is 0.339 e. The molecular weight excluding hydrogens is 263 g/mol. The molecule has 0 spiro atoms. The van der Waals surface area contributed by atoms with Crippen LogP contribution >= 0.6 is 0 Å². The number of carboxylic acids is 1. The van der Waals surface area contributed by atoms with Gasteiger partial charge in [0.1, 0.15) is 17.2 Å². The Morgan fingerprint density at radius 3 is 2.70 bits per heavy atom. The van der Waals surface area contributed by atoms with Gasteiger partial charge in [-0.2, -0.15) is 0 Å². The van der Waals surface area contributed by atoms with Gasteiger partial charge < -0.3 is 15.5 Å². The Hall–Kier alpha value is -2.47. The molecule has 1 heterocycles. The minimum Gasteiger partial charge on any atom is -0.478 e. The largest absolute Gasteiger partial charge is 0.478 e. The zero-order valence-electron chi connectivity index (χ0n) is 10.5. The van der Waals surface area contributed by atoms with E-state index in [1.165, 1.54) is 0 Å². The van der Waals surface area contributed by atoms with Gasteiger partial charge in [-0.25, -0.2) is 14.2 Å². The van der Waals surface area contributed by atoms with Gasteiger partial charge in [-0.15, -0.1) is 0 Å². The Balaban J connectivity index is 2.09. The van der Waals surface area contributed by atoms with Crippen molar-refractivity contribution in [3.63, 3.8) is 0 Å². The first-order valence-electron chi connectivity index (χ1n) is 5.93. The standard InChI is InChI=1S/C14H13FN2O3/c15-10-6-11(14(19)20)13(16-7-10)17-8-12(18)9-4-2-1-3-5-9/h1-7,12,18H,8H2,(H,16,17)(H,19,20). The summed E-state index contributed by atoms with van der Waals surface area (Å²) in [6.45, 7) is 0.0723. The summed E-state index contributed by atoms with van der Waals surface area (Å²) in [5.41, 5.74) is 0.421. The van der Waals surface area contributed by atoms with E-state index in [0.717, 1.165) is 12.3 Å². The predicted octanol–water partition coefficient (Wildman–Crippen LogP) is 2.06. The van der Waals surface area contributed by atoms with Crippen LogP contribution in [0.15, 0.2) is 42.6 Å². The molecule has 6 heteroatoms. The van der Waals surface area contributed by atoms with Gasteiger partial charge >= 0.3 is 5.97 Å². The summed E-state index contributed by atoms with van der Waals surface area (Å²) in [5.74, 6) is -1.99. The summed E-state index contributed by atoms with van der Waals surface area (Å²) in [6.07, 6.45) is 0.105. The van der Waals surface area contributed by atoms with Crippen LogP contribution in [0.1, 0.15) is 22.0 Å². The molecule has 0 aliphatic carbocycles. The SMILES string of the molecule is O=C(O)c1cc(F)cnc1NCC(O)c1ccccc1. The van der Waals surface area contributed by atoms with Crippen LogP contribution in [0.3, 0.4) is 0 Å². The van der Waals surface area contributed by atoms with E-state index >= 15 is 0 Å². The summed E-state index contributed by atoms with van der Waals surface area (Å²) >= 11 is 0. The molecule has 20 heavy (non-hydrogen) atoms. The first kappa shape index (κ1) is 14.0. The Bertz CT molecular complexity index is 605. The quantitative estimate of drug-likeness (QED) is 0.778. The topological polar surface area (TPSA) is 82.5 Å². The lowest BCUT2D eigenvalue weighted by Crippen LogP contribution is -2.15. The fourth-order valence-electron chi connectivity index (χ4n) is 1.73. The van der Waals surface area contributed by atoms with Crippen LogP contribution in [0.4, 0.5) is 10.2 Å². The predicted molar refractivity (Wildman–Crippen MR) is 71.0 cm³/mol. The van der Waals surface area contributed by atoms with E-state index in [1.54, 1.807) is 24.3 Å². The molecule has 3 N–H and O–H groups in total. The number of aromatic nitrogens is 1. The molecular formula is C14H13FN2O3. The second kappa shape index (κ2) is 6.12. The van der Waals surface area contributed by atoms with Gasteiger partial charge in [-0.3, -0.25) is 0 Å². The summed E-state index contributed by atoms with van der Waals surface area (Å²) in [6, 6.07) is 9.79. The Kier molecular flexibility index (Phi) is 4.27. The first-order valence-corrected chi connectivity index (χ1v) is 5.93. The fraction of sp³-hybridized carbons (Fsp3) is 0.143. The van der Waals surface area contributed by atoms with Crippen molar-refractivity contribution in [2.75, 3.05) is 11.9 Å². The Morgan fingerprint density at radius 1 is 1.35 bits per heavy atom. The van der Waals surface area contributed by atoms with Gasteiger partial charge in [-0.1, -0.05) is 30.3 Å². The summed E-state index contributed by atoms with van der Waals surface area (Å²) in [5, 5.41) is 21.6. The molecule has 0 aliphatic heterocycles. The number of nitrogens with zero attached hydrogens (tertiary/aromatic N) is 1. The molecule has 104 valence electrons. The van der Waals surface area contributed by atoms with Crippen molar-refractivity contribution >= 4 is 11.8 Å². The second-order valence-corrected chi connectivity index (χ2v) is 4.16. The number of rotatable bonds is 5. The maximum Gasteiger partial charge on any atom is 0.339 e. The third-order valence-corrected chi connectivity index (χ3v) is 2.73. The third kappa shape index (κ3) is 3.30. The minimum atomic E-state index is -1.28. The molecule has 2 aromatic rings. The Morgan fingerprint density at radius 2 is 2.05 bits per heavy atom. The number of anilines is 1. The molecule has 0 fully saturated rings. The van der Waals surface area contributed by atoms with Crippen LogP contribution < -0.4 is 5.32 Å². The highest BCUT2D eigenvalue weighted by Crippen LogP contribution is 2.17. The van der Waals surface area contributed by atoms with Crippen LogP contribution in [-0.4, -0.2) is 27.7 Å². The third-order valence-electron chi connectivity index (χ3n) is 2.73. The molecule has 0 saturated heterocycles. The van der Waals surface area contributed by atoms with Gasteiger partial charge in [0.2, 0.25) is 0 Å². The van der Waals surface area contributed by atoms with E-state index in [4.69, 9.17) is 5.11 Å². The van der Waals surface area contributed by atoms with Crippen molar-refractivity contribution in [1.82, 2.24) is 4.98 Å². The van der Waals surface area contributed by atoms with Crippen molar-refractivity contribution in [3.05, 3.63) is 59.5 Å². The highest BCUT2D eigenvalue weighted by Gasteiger charge is 2.14. The number of hydrogen-bond donors (Lipinski definition) is 3. The van der Waals surface area contributed by atoms with E-state index < -0.39 is 17.9 Å². The molecule has 1 atom stereocenters. The summed E-state index contributed by atoms with van der Waals surface area (Å²) in [4.78, 5) is 14.7. The van der Waals surface area contributed by atoms with Crippen LogP contribution in [-0.2, 0) is 0 Å². The monoisotopic (exact) mass is 276 g/mol. The van der Waals surface area contributed by atoms with Crippen LogP contribution in [0, 0.1) is 5.82 Å². The number of halogens is 1. The van der Waals surface area contributed by atoms with Gasteiger partial charge in [-0.05, 0) is 11.6 Å². The first-order chi connectivity index (χ1) is 9.58. The zero-order valence-corrected chi connectivity index (χ0v) is 10.5. The van der Waals surface area contributed by atoms with Gasteiger partial charge in [0.15, 0.2) is 0 Å². The number of aliphatic hydroxyl groups is 1. The van der Waals surface area contributed by atoms with E-state index in [1.807, 2.05) is 6.07 Å². The van der Waals surface area contributed by atoms with Gasteiger partial charge in [0, 0.05) is 6.54 Å². The Labute approximate surface area is 114 Å². The number of carboxylic acid groups (broad SMARTS) is 1. The molecule has 0 saturated carbocycles. The average molecular weight is 276 g/mol. The highest BCUT2D eigenvalue weighted by atomic mass is 19.1. The zero-order chi connectivity index (χ0) is 14.5. The van der Waals surface area contributed by atoms with Crippen LogP contribution in [0.2, 0.25) is 0 Å². The lowest BCUT2D eigenvalue weighted by atomic mass is 10.1. The molecule has 1 unspecified atom stereocenters. The molecule has 0 bridgehead atoms. The number of pyridine rings is 1.